The number of aromatic amines is 1. The lowest BCUT2D eigenvalue weighted by molar-refractivity contribution is -0.361. The molecule has 12 heteroatoms. The fourth-order valence-corrected chi connectivity index (χ4v) is 2.07. The molecule has 1 heterocycles. The summed E-state index contributed by atoms with van der Waals surface area (Å²) in [5.74, 6) is 1.12. The summed E-state index contributed by atoms with van der Waals surface area (Å²) in [4.78, 5) is 16.9. The van der Waals surface area contributed by atoms with Crippen LogP contribution >= 0.6 is 0 Å². The first-order valence-electron chi connectivity index (χ1n) is 7.76. The Hall–Kier alpha value is -1.83. The quantitative estimate of drug-likeness (QED) is 0.389. The summed E-state index contributed by atoms with van der Waals surface area (Å²) in [6, 6.07) is 0. The molecule has 0 bridgehead atoms. The van der Waals surface area contributed by atoms with Gasteiger partial charge >= 0.3 is 17.8 Å². The lowest BCUT2D eigenvalue weighted by atomic mass is 10.6. The zero-order chi connectivity index (χ0) is 19.4. The van der Waals surface area contributed by atoms with Gasteiger partial charge in [-0.25, -0.2) is 14.8 Å². The number of methoxy groups -OCH3 is 5. The Balaban J connectivity index is 3.35. The highest BCUT2D eigenvalue weighted by atomic mass is 16.5. The van der Waals surface area contributed by atoms with Gasteiger partial charge in [-0.2, -0.15) is 0 Å². The van der Waals surface area contributed by atoms with Crippen LogP contribution in [-0.2, 0) is 23.7 Å². The second kappa shape index (κ2) is 12.5. The van der Waals surface area contributed by atoms with Crippen molar-refractivity contribution >= 4 is 17.8 Å². The number of aliphatic hydroxyl groups is 1. The molecule has 0 saturated carbocycles. The van der Waals surface area contributed by atoms with Gasteiger partial charge in [0, 0.05) is 35.5 Å². The topological polar surface area (TPSA) is 116 Å². The Bertz CT molecular complexity index is 465. The highest BCUT2D eigenvalue weighted by Crippen LogP contribution is 2.15. The molecule has 0 radical (unpaired) electrons. The van der Waals surface area contributed by atoms with Crippen LogP contribution in [0.25, 0.3) is 0 Å². The van der Waals surface area contributed by atoms with Crippen LogP contribution in [0.4, 0.5) is 17.8 Å². The van der Waals surface area contributed by atoms with Gasteiger partial charge in [0.15, 0.2) is 26.9 Å². The summed E-state index contributed by atoms with van der Waals surface area (Å²) < 4.78 is 25.9. The maximum absolute atomic E-state index is 9.61. The van der Waals surface area contributed by atoms with Crippen LogP contribution in [-0.4, -0.2) is 91.0 Å². The number of hydrogen-bond donors (Lipinski definition) is 1. The molecular weight excluding hydrogens is 348 g/mol. The van der Waals surface area contributed by atoms with E-state index in [0.29, 0.717) is 11.9 Å². The molecule has 26 heavy (non-hydrogen) atoms. The Morgan fingerprint density at radius 1 is 0.692 bits per heavy atom. The average molecular weight is 377 g/mol. The molecule has 0 atom stereocenters. The van der Waals surface area contributed by atoms with Crippen molar-refractivity contribution in [1.29, 1.82) is 0 Å². The molecule has 12 nitrogen and oxygen atoms in total. The van der Waals surface area contributed by atoms with Gasteiger partial charge in [-0.05, 0) is 0 Å². The summed E-state index contributed by atoms with van der Waals surface area (Å²) >= 11 is 0. The number of nitrogens with one attached hydrogen (secondary N) is 1. The molecule has 0 aliphatic heterocycles. The SMILES string of the molecule is COCN(CO)c1nc(N(COC)COC)[nH+]c(N(COC)COC)n1. The van der Waals surface area contributed by atoms with Crippen molar-refractivity contribution in [2.45, 2.75) is 0 Å². The average Bonchev–Trinajstić information content (AvgIpc) is 2.65. The zero-order valence-electron chi connectivity index (χ0n) is 16.0. The van der Waals surface area contributed by atoms with Crippen molar-refractivity contribution in [2.24, 2.45) is 0 Å². The van der Waals surface area contributed by atoms with E-state index in [2.05, 4.69) is 15.0 Å². The number of hydrogen-bond acceptors (Lipinski definition) is 11. The van der Waals surface area contributed by atoms with Crippen molar-refractivity contribution in [2.75, 3.05) is 90.6 Å². The van der Waals surface area contributed by atoms with Crippen molar-refractivity contribution in [3.63, 3.8) is 0 Å². The Morgan fingerprint density at radius 3 is 1.35 bits per heavy atom. The fraction of sp³-hybridized carbons (Fsp3) is 0.786. The van der Waals surface area contributed by atoms with Gasteiger partial charge in [-0.15, -0.1) is 0 Å². The molecule has 0 aromatic carbocycles. The Kier molecular flexibility index (Phi) is 10.7. The van der Waals surface area contributed by atoms with Gasteiger partial charge in [0.1, 0.15) is 13.5 Å². The molecule has 0 amide bonds. The van der Waals surface area contributed by atoms with E-state index in [-0.39, 0.29) is 46.3 Å². The van der Waals surface area contributed by atoms with Crippen LogP contribution in [0.5, 0.6) is 0 Å². The van der Waals surface area contributed by atoms with Crippen LogP contribution in [0, 0.1) is 0 Å². The minimum Gasteiger partial charge on any atom is -0.376 e. The zero-order valence-corrected chi connectivity index (χ0v) is 16.0. The van der Waals surface area contributed by atoms with E-state index in [9.17, 15) is 5.11 Å². The minimum absolute atomic E-state index is 0.114. The van der Waals surface area contributed by atoms with E-state index in [1.807, 2.05) is 0 Å². The van der Waals surface area contributed by atoms with Gasteiger partial charge in [-0.3, -0.25) is 4.90 Å². The van der Waals surface area contributed by atoms with E-state index in [1.165, 1.54) is 12.0 Å². The number of ether oxygens (including phenoxy) is 5. The summed E-state index contributed by atoms with van der Waals surface area (Å²) in [6.07, 6.45) is 0. The first kappa shape index (κ1) is 22.2. The molecule has 0 spiro atoms. The van der Waals surface area contributed by atoms with Gasteiger partial charge in [0.05, 0.1) is 0 Å². The Labute approximate surface area is 153 Å². The van der Waals surface area contributed by atoms with Crippen molar-refractivity contribution in [3.8, 4) is 0 Å². The molecule has 1 aromatic rings. The standard InChI is InChI=1S/C14H28N6O6/c1-22-7-18(6-21)12-15-13(19(8-23-2)9-24-3)17-14(16-12)20(10-25-4)11-26-5/h21H,6-11H2,1-5H3/p+1. The highest BCUT2D eigenvalue weighted by molar-refractivity contribution is 5.39. The second-order valence-corrected chi connectivity index (χ2v) is 5.15. The molecule has 0 saturated heterocycles. The third kappa shape index (κ3) is 6.48. The molecule has 1 aromatic heterocycles. The van der Waals surface area contributed by atoms with E-state index < -0.39 is 0 Å². The van der Waals surface area contributed by atoms with Crippen LogP contribution in [0.15, 0.2) is 0 Å². The first-order chi connectivity index (χ1) is 12.6. The minimum atomic E-state index is -0.320. The van der Waals surface area contributed by atoms with Gasteiger partial charge < -0.3 is 28.8 Å². The predicted octanol–water partition coefficient (Wildman–Crippen LogP) is -1.32. The van der Waals surface area contributed by atoms with E-state index in [0.717, 1.165) is 0 Å². The maximum Gasteiger partial charge on any atom is 0.328 e. The van der Waals surface area contributed by atoms with E-state index >= 15 is 0 Å². The van der Waals surface area contributed by atoms with Gasteiger partial charge in [0.2, 0.25) is 0 Å². The smallest absolute Gasteiger partial charge is 0.328 e. The van der Waals surface area contributed by atoms with Crippen LogP contribution in [0.1, 0.15) is 0 Å². The summed E-state index contributed by atoms with van der Waals surface area (Å²) in [5, 5.41) is 9.61. The molecule has 0 aliphatic carbocycles. The lowest BCUT2D eigenvalue weighted by Crippen LogP contribution is -2.41. The molecule has 0 fully saturated rings. The largest absolute Gasteiger partial charge is 0.376 e. The molecule has 0 aliphatic rings. The third-order valence-corrected chi connectivity index (χ3v) is 3.11. The monoisotopic (exact) mass is 377 g/mol. The normalized spacial score (nSPS) is 10.8. The van der Waals surface area contributed by atoms with Crippen molar-refractivity contribution in [1.82, 2.24) is 9.97 Å². The molecule has 150 valence electrons. The van der Waals surface area contributed by atoms with E-state index in [1.54, 1.807) is 38.2 Å². The number of anilines is 3. The molecule has 1 rings (SSSR count). The number of aromatic nitrogens is 3. The van der Waals surface area contributed by atoms with Crippen LogP contribution in [0.2, 0.25) is 0 Å². The van der Waals surface area contributed by atoms with Crippen molar-refractivity contribution < 1.29 is 33.8 Å². The number of aliphatic hydroxyl groups excluding tert-OH is 1. The highest BCUT2D eigenvalue weighted by Gasteiger charge is 2.25. The summed E-state index contributed by atoms with van der Waals surface area (Å²) in [7, 11) is 7.79. The maximum atomic E-state index is 9.61. The first-order valence-corrected chi connectivity index (χ1v) is 7.76. The molecule has 2 N–H and O–H groups in total. The van der Waals surface area contributed by atoms with E-state index in [4.69, 9.17) is 23.7 Å². The lowest BCUT2D eigenvalue weighted by Gasteiger charge is -2.22. The van der Waals surface area contributed by atoms with Gasteiger partial charge in [0.25, 0.3) is 0 Å². The van der Waals surface area contributed by atoms with Crippen LogP contribution in [0.3, 0.4) is 0 Å². The third-order valence-electron chi connectivity index (χ3n) is 3.11. The van der Waals surface area contributed by atoms with Crippen LogP contribution < -0.4 is 19.7 Å². The molecular formula is C14H29N6O6+. The number of nitrogens with zero attached hydrogens (tertiary/aromatic N) is 5. The second-order valence-electron chi connectivity index (χ2n) is 5.15. The summed E-state index contributed by atoms with van der Waals surface area (Å²) in [5.41, 5.74) is 0. The fourth-order valence-electron chi connectivity index (χ4n) is 2.07. The summed E-state index contributed by atoms with van der Waals surface area (Å²) in [6.45, 7) is 0.731. The number of H-pyrrole nitrogens is 1. The van der Waals surface area contributed by atoms with Crippen molar-refractivity contribution in [3.05, 3.63) is 0 Å². The molecule has 0 unspecified atom stereocenters. The van der Waals surface area contributed by atoms with Gasteiger partial charge in [-0.1, -0.05) is 9.97 Å². The predicted molar refractivity (Wildman–Crippen MR) is 92.5 cm³/mol. The Morgan fingerprint density at radius 2 is 1.04 bits per heavy atom. The number of rotatable bonds is 14.